The van der Waals surface area contributed by atoms with Gasteiger partial charge in [0.05, 0.1) is 12.2 Å². The molecule has 0 radical (unpaired) electrons. The van der Waals surface area contributed by atoms with E-state index in [1.807, 2.05) is 36.4 Å². The molecule has 0 unspecified atom stereocenters. The van der Waals surface area contributed by atoms with E-state index < -0.39 is 0 Å². The van der Waals surface area contributed by atoms with Gasteiger partial charge in [-0.2, -0.15) is 0 Å². The van der Waals surface area contributed by atoms with E-state index in [0.717, 1.165) is 41.9 Å². The number of carbonyl (C=O) groups excluding carboxylic acids is 2. The third kappa shape index (κ3) is 4.00. The SMILES string of the molecule is CNC(=O)c1c(-c2ccc(F)cc2)oc2cc(COC)c(-c3cccc(C(=O)NC45CC(C4)C5)c3)cc12. The number of nitrogens with one attached hydrogen (secondary N) is 2. The molecule has 1 heterocycles. The van der Waals surface area contributed by atoms with Crippen LogP contribution in [0, 0.1) is 11.7 Å². The van der Waals surface area contributed by atoms with Crippen molar-refractivity contribution < 1.29 is 23.1 Å². The summed E-state index contributed by atoms with van der Waals surface area (Å²) in [6.07, 6.45) is 3.23. The highest BCUT2D eigenvalue weighted by Crippen LogP contribution is 2.57. The number of rotatable bonds is 7. The van der Waals surface area contributed by atoms with Crippen molar-refractivity contribution in [2.45, 2.75) is 31.4 Å². The molecule has 4 aromatic rings. The van der Waals surface area contributed by atoms with E-state index in [1.54, 1.807) is 26.3 Å². The summed E-state index contributed by atoms with van der Waals surface area (Å²) in [5, 5.41) is 6.53. The van der Waals surface area contributed by atoms with Crippen LogP contribution < -0.4 is 10.6 Å². The number of halogens is 1. The molecular weight excluding hydrogens is 471 g/mol. The highest BCUT2D eigenvalue weighted by molar-refractivity contribution is 6.12. The van der Waals surface area contributed by atoms with Crippen molar-refractivity contribution in [1.82, 2.24) is 10.6 Å². The molecule has 2 N–H and O–H groups in total. The van der Waals surface area contributed by atoms with Gasteiger partial charge in [0.2, 0.25) is 0 Å². The maximum atomic E-state index is 13.6. The maximum Gasteiger partial charge on any atom is 0.255 e. The Labute approximate surface area is 213 Å². The summed E-state index contributed by atoms with van der Waals surface area (Å²) in [5.41, 5.74) is 4.61. The number of furan rings is 1. The van der Waals surface area contributed by atoms with Crippen LogP contribution in [0.3, 0.4) is 0 Å². The van der Waals surface area contributed by atoms with Crippen molar-refractivity contribution >= 4 is 22.8 Å². The van der Waals surface area contributed by atoms with E-state index in [4.69, 9.17) is 9.15 Å². The predicted molar refractivity (Wildman–Crippen MR) is 139 cm³/mol. The van der Waals surface area contributed by atoms with Crippen LogP contribution in [-0.4, -0.2) is 31.5 Å². The third-order valence-corrected chi connectivity index (χ3v) is 7.63. The number of amides is 2. The van der Waals surface area contributed by atoms with Crippen molar-refractivity contribution in [1.29, 1.82) is 0 Å². The molecule has 37 heavy (non-hydrogen) atoms. The van der Waals surface area contributed by atoms with E-state index in [-0.39, 0.29) is 23.2 Å². The van der Waals surface area contributed by atoms with E-state index >= 15 is 0 Å². The molecule has 3 fully saturated rings. The average Bonchev–Trinajstić information content (AvgIpc) is 3.23. The fourth-order valence-electron chi connectivity index (χ4n) is 5.66. The van der Waals surface area contributed by atoms with E-state index in [1.165, 1.54) is 12.1 Å². The third-order valence-electron chi connectivity index (χ3n) is 7.63. The second-order valence-corrected chi connectivity index (χ2v) is 10.1. The molecule has 3 aromatic carbocycles. The van der Waals surface area contributed by atoms with E-state index in [0.29, 0.717) is 40.0 Å². The molecule has 3 aliphatic rings. The van der Waals surface area contributed by atoms with Gasteiger partial charge in [-0.25, -0.2) is 4.39 Å². The number of fused-ring (bicyclic) bond motifs is 1. The van der Waals surface area contributed by atoms with Gasteiger partial charge in [0.25, 0.3) is 11.8 Å². The monoisotopic (exact) mass is 498 g/mol. The zero-order chi connectivity index (χ0) is 25.7. The Bertz CT molecular complexity index is 1520. The molecule has 0 spiro atoms. The van der Waals surface area contributed by atoms with E-state index in [9.17, 15) is 14.0 Å². The van der Waals surface area contributed by atoms with Crippen LogP contribution in [0.15, 0.2) is 65.1 Å². The summed E-state index contributed by atoms with van der Waals surface area (Å²) in [5.74, 6) is 0.391. The first kappa shape index (κ1) is 23.4. The number of hydrogen-bond donors (Lipinski definition) is 2. The van der Waals surface area contributed by atoms with Gasteiger partial charge >= 0.3 is 0 Å². The van der Waals surface area contributed by atoms with Crippen LogP contribution in [0.25, 0.3) is 33.4 Å². The van der Waals surface area contributed by atoms with Gasteiger partial charge in [-0.1, -0.05) is 12.1 Å². The first-order valence-electron chi connectivity index (χ1n) is 12.4. The van der Waals surface area contributed by atoms with Crippen LogP contribution in [0.4, 0.5) is 4.39 Å². The molecule has 6 nitrogen and oxygen atoms in total. The van der Waals surface area contributed by atoms with Gasteiger partial charge in [-0.15, -0.1) is 0 Å². The predicted octanol–water partition coefficient (Wildman–Crippen LogP) is 5.69. The van der Waals surface area contributed by atoms with Crippen molar-refractivity contribution in [3.8, 4) is 22.5 Å². The van der Waals surface area contributed by atoms with Crippen LogP contribution in [0.2, 0.25) is 0 Å². The molecule has 2 bridgehead atoms. The summed E-state index contributed by atoms with van der Waals surface area (Å²) < 4.78 is 25.2. The lowest BCUT2D eigenvalue weighted by molar-refractivity contribution is -0.0438. The number of benzene rings is 3. The fourth-order valence-corrected chi connectivity index (χ4v) is 5.66. The summed E-state index contributed by atoms with van der Waals surface area (Å²) in [6, 6.07) is 17.1. The number of ether oxygens (including phenoxy) is 1. The van der Waals surface area contributed by atoms with Crippen molar-refractivity contribution in [3.05, 3.63) is 83.2 Å². The summed E-state index contributed by atoms with van der Waals surface area (Å²) in [4.78, 5) is 26.0. The first-order chi connectivity index (χ1) is 17.9. The molecule has 3 saturated carbocycles. The Morgan fingerprint density at radius 1 is 1.03 bits per heavy atom. The molecule has 1 aromatic heterocycles. The average molecular weight is 499 g/mol. The molecule has 0 atom stereocenters. The Morgan fingerprint density at radius 3 is 2.43 bits per heavy atom. The Hall–Kier alpha value is -3.97. The Morgan fingerprint density at radius 2 is 1.78 bits per heavy atom. The fraction of sp³-hybridized carbons (Fsp3) is 0.267. The second kappa shape index (κ2) is 8.85. The molecule has 7 rings (SSSR count). The molecule has 188 valence electrons. The van der Waals surface area contributed by atoms with Crippen molar-refractivity contribution in [3.63, 3.8) is 0 Å². The normalized spacial score (nSPS) is 19.7. The van der Waals surface area contributed by atoms with Crippen LogP contribution in [0.5, 0.6) is 0 Å². The highest BCUT2D eigenvalue weighted by atomic mass is 19.1. The molecule has 3 aliphatic carbocycles. The number of hydrogen-bond acceptors (Lipinski definition) is 4. The van der Waals surface area contributed by atoms with Crippen LogP contribution in [0.1, 0.15) is 45.5 Å². The minimum Gasteiger partial charge on any atom is -0.455 e. The lowest BCUT2D eigenvalue weighted by Crippen LogP contribution is -2.68. The van der Waals surface area contributed by atoms with Gasteiger partial charge in [-0.3, -0.25) is 9.59 Å². The Balaban J connectivity index is 1.46. The van der Waals surface area contributed by atoms with Crippen molar-refractivity contribution in [2.75, 3.05) is 14.2 Å². The topological polar surface area (TPSA) is 80.6 Å². The summed E-state index contributed by atoms with van der Waals surface area (Å²) in [6.45, 7) is 0.314. The van der Waals surface area contributed by atoms with Crippen LogP contribution >= 0.6 is 0 Å². The molecule has 7 heteroatoms. The minimum atomic E-state index is -0.371. The lowest BCUT2D eigenvalue weighted by Gasteiger charge is -2.61. The zero-order valence-corrected chi connectivity index (χ0v) is 20.7. The number of methoxy groups -OCH3 is 1. The smallest absolute Gasteiger partial charge is 0.255 e. The Kier molecular flexibility index (Phi) is 5.60. The minimum absolute atomic E-state index is 0.00611. The zero-order valence-electron chi connectivity index (χ0n) is 20.7. The molecule has 2 amide bonds. The second-order valence-electron chi connectivity index (χ2n) is 10.1. The highest BCUT2D eigenvalue weighted by Gasteiger charge is 2.57. The molecular formula is C30H27FN2O4. The number of carbonyl (C=O) groups is 2. The van der Waals surface area contributed by atoms with Crippen molar-refractivity contribution in [2.24, 2.45) is 5.92 Å². The summed E-state index contributed by atoms with van der Waals surface area (Å²) in [7, 11) is 3.17. The van der Waals surface area contributed by atoms with Gasteiger partial charge in [0, 0.05) is 36.2 Å². The maximum absolute atomic E-state index is 13.6. The van der Waals surface area contributed by atoms with Gasteiger partial charge in [-0.05, 0) is 90.4 Å². The van der Waals surface area contributed by atoms with Gasteiger partial charge < -0.3 is 19.8 Å². The van der Waals surface area contributed by atoms with E-state index in [2.05, 4.69) is 10.6 Å². The molecule has 0 aliphatic heterocycles. The largest absolute Gasteiger partial charge is 0.455 e. The lowest BCUT2D eigenvalue weighted by atomic mass is 9.50. The van der Waals surface area contributed by atoms with Crippen LogP contribution in [-0.2, 0) is 11.3 Å². The van der Waals surface area contributed by atoms with Gasteiger partial charge in [0.15, 0.2) is 0 Å². The summed E-state index contributed by atoms with van der Waals surface area (Å²) >= 11 is 0. The molecule has 0 saturated heterocycles. The standard InChI is InChI=1S/C30H27FN2O4/c1-32-29(35)26-24-12-23(19-4-3-5-20(10-19)28(34)33-30-13-17(14-30)15-30)21(16-36-2)11-25(24)37-27(26)18-6-8-22(31)9-7-18/h3-12,17H,13-16H2,1-2H3,(H,32,35)(H,33,34). The quantitative estimate of drug-likeness (QED) is 0.343. The first-order valence-corrected chi connectivity index (χ1v) is 12.4. The van der Waals surface area contributed by atoms with Gasteiger partial charge in [0.1, 0.15) is 17.2 Å².